The number of benzene rings is 1. The molecule has 0 radical (unpaired) electrons. The molecule has 3 aromatic heterocycles. The summed E-state index contributed by atoms with van der Waals surface area (Å²) in [4.78, 5) is 22.4. The Morgan fingerprint density at radius 1 is 1.26 bits per heavy atom. The van der Waals surface area contributed by atoms with Gasteiger partial charge in [-0.1, -0.05) is 0 Å². The predicted molar refractivity (Wildman–Crippen MR) is 100 cm³/mol. The number of aryl methyl sites for hydroxylation is 2. The van der Waals surface area contributed by atoms with Crippen molar-refractivity contribution in [3.8, 4) is 11.5 Å². The standard InChI is InChI=1S/C20H19N5O2/c1-11-8-14-15(9-12(11)2)22-19(21-14)18-13-5-6-25(10-16(13)23-24-18)20(26)17-4-3-7-27-17/h3-4,7-9H,5-6,10H2,1-2H3,(H,21,22)(H,23,24). The molecule has 136 valence electrons. The number of carbonyl (C=O) groups excluding carboxylic acids is 1. The molecule has 5 rings (SSSR count). The van der Waals surface area contributed by atoms with Gasteiger partial charge in [-0.15, -0.1) is 0 Å². The first-order valence-corrected chi connectivity index (χ1v) is 8.96. The zero-order valence-electron chi connectivity index (χ0n) is 15.2. The SMILES string of the molecule is Cc1cc2nc(-c3n[nH]c4c3CCN(C(=O)c3ccco3)C4)[nH]c2cc1C. The smallest absolute Gasteiger partial charge is 0.289 e. The van der Waals surface area contributed by atoms with Crippen LogP contribution in [0.2, 0.25) is 0 Å². The number of H-pyrrole nitrogens is 2. The number of aromatic nitrogens is 4. The van der Waals surface area contributed by atoms with Crippen molar-refractivity contribution in [2.75, 3.05) is 6.54 Å². The molecule has 4 aromatic rings. The molecule has 0 fully saturated rings. The molecule has 1 aromatic carbocycles. The van der Waals surface area contributed by atoms with Crippen molar-refractivity contribution < 1.29 is 9.21 Å². The molecule has 7 heteroatoms. The number of fused-ring (bicyclic) bond motifs is 2. The molecule has 4 heterocycles. The van der Waals surface area contributed by atoms with E-state index < -0.39 is 0 Å². The van der Waals surface area contributed by atoms with E-state index in [1.54, 1.807) is 17.0 Å². The van der Waals surface area contributed by atoms with Crippen LogP contribution in [0, 0.1) is 13.8 Å². The lowest BCUT2D eigenvalue weighted by Gasteiger charge is -2.25. The number of rotatable bonds is 2. The highest BCUT2D eigenvalue weighted by Gasteiger charge is 2.28. The molecule has 1 amide bonds. The first kappa shape index (κ1) is 15.9. The Labute approximate surface area is 155 Å². The number of imidazole rings is 1. The molecule has 0 bridgehead atoms. The van der Waals surface area contributed by atoms with Crippen molar-refractivity contribution in [2.45, 2.75) is 26.8 Å². The number of hydrogen-bond donors (Lipinski definition) is 2. The third kappa shape index (κ3) is 2.54. The molecular formula is C20H19N5O2. The van der Waals surface area contributed by atoms with Crippen molar-refractivity contribution in [3.63, 3.8) is 0 Å². The Morgan fingerprint density at radius 3 is 2.93 bits per heavy atom. The maximum absolute atomic E-state index is 12.5. The summed E-state index contributed by atoms with van der Waals surface area (Å²) >= 11 is 0. The minimum absolute atomic E-state index is 0.100. The summed E-state index contributed by atoms with van der Waals surface area (Å²) < 4.78 is 5.23. The van der Waals surface area contributed by atoms with Gasteiger partial charge in [0.15, 0.2) is 11.6 Å². The maximum atomic E-state index is 12.5. The highest BCUT2D eigenvalue weighted by atomic mass is 16.3. The van der Waals surface area contributed by atoms with E-state index in [1.807, 2.05) is 0 Å². The first-order valence-electron chi connectivity index (χ1n) is 8.96. The minimum Gasteiger partial charge on any atom is -0.459 e. The summed E-state index contributed by atoms with van der Waals surface area (Å²) in [5, 5.41) is 7.57. The first-order chi connectivity index (χ1) is 13.1. The third-order valence-corrected chi connectivity index (χ3v) is 5.27. The summed E-state index contributed by atoms with van der Waals surface area (Å²) in [6, 6.07) is 7.62. The van der Waals surface area contributed by atoms with E-state index in [1.165, 1.54) is 17.4 Å². The number of nitrogens with zero attached hydrogens (tertiary/aromatic N) is 3. The van der Waals surface area contributed by atoms with Gasteiger partial charge >= 0.3 is 0 Å². The third-order valence-electron chi connectivity index (χ3n) is 5.27. The van der Waals surface area contributed by atoms with E-state index in [-0.39, 0.29) is 5.91 Å². The maximum Gasteiger partial charge on any atom is 0.289 e. The Hall–Kier alpha value is -3.35. The Kier molecular flexibility index (Phi) is 3.43. The Balaban J connectivity index is 1.47. The molecule has 1 aliphatic heterocycles. The van der Waals surface area contributed by atoms with Crippen LogP contribution >= 0.6 is 0 Å². The Morgan fingerprint density at radius 2 is 2.11 bits per heavy atom. The second-order valence-electron chi connectivity index (χ2n) is 7.02. The molecule has 27 heavy (non-hydrogen) atoms. The fraction of sp³-hybridized carbons (Fsp3) is 0.250. The lowest BCUT2D eigenvalue weighted by molar-refractivity contribution is 0.0700. The van der Waals surface area contributed by atoms with E-state index in [0.717, 1.165) is 40.2 Å². The van der Waals surface area contributed by atoms with Crippen LogP contribution in [-0.4, -0.2) is 37.5 Å². The zero-order chi connectivity index (χ0) is 18.5. The van der Waals surface area contributed by atoms with E-state index in [0.29, 0.717) is 18.8 Å². The van der Waals surface area contributed by atoms with Crippen molar-refractivity contribution in [3.05, 3.63) is 58.7 Å². The van der Waals surface area contributed by atoms with Crippen molar-refractivity contribution >= 4 is 16.9 Å². The molecule has 2 N–H and O–H groups in total. The van der Waals surface area contributed by atoms with E-state index >= 15 is 0 Å². The average Bonchev–Trinajstić information content (AvgIpc) is 3.40. The fourth-order valence-corrected chi connectivity index (χ4v) is 3.63. The fourth-order valence-electron chi connectivity index (χ4n) is 3.63. The monoisotopic (exact) mass is 361 g/mol. The van der Waals surface area contributed by atoms with Gasteiger partial charge in [-0.05, 0) is 55.7 Å². The second kappa shape index (κ2) is 5.84. The number of furan rings is 1. The average molecular weight is 361 g/mol. The summed E-state index contributed by atoms with van der Waals surface area (Å²) in [7, 11) is 0. The molecule has 0 saturated carbocycles. The molecule has 0 spiro atoms. The lowest BCUT2D eigenvalue weighted by Crippen LogP contribution is -2.35. The molecule has 0 saturated heterocycles. The van der Waals surface area contributed by atoms with Gasteiger partial charge in [-0.2, -0.15) is 5.10 Å². The molecule has 7 nitrogen and oxygen atoms in total. The van der Waals surface area contributed by atoms with Crippen molar-refractivity contribution in [1.29, 1.82) is 0 Å². The number of amides is 1. The van der Waals surface area contributed by atoms with Crippen molar-refractivity contribution in [1.82, 2.24) is 25.1 Å². The van der Waals surface area contributed by atoms with Crippen LogP contribution in [0.1, 0.15) is 32.9 Å². The van der Waals surface area contributed by atoms with Gasteiger partial charge in [0.05, 0.1) is 29.5 Å². The topological polar surface area (TPSA) is 90.8 Å². The number of hydrogen-bond acceptors (Lipinski definition) is 4. The summed E-state index contributed by atoms with van der Waals surface area (Å²) in [5.74, 6) is 1.02. The van der Waals surface area contributed by atoms with Crippen LogP contribution in [0.4, 0.5) is 0 Å². The van der Waals surface area contributed by atoms with Gasteiger partial charge in [0, 0.05) is 12.1 Å². The van der Waals surface area contributed by atoms with Gasteiger partial charge in [-0.25, -0.2) is 4.98 Å². The van der Waals surface area contributed by atoms with Gasteiger partial charge in [0.25, 0.3) is 5.91 Å². The minimum atomic E-state index is -0.100. The normalized spacial score (nSPS) is 13.9. The van der Waals surface area contributed by atoms with Crippen LogP contribution < -0.4 is 0 Å². The molecule has 1 aliphatic rings. The highest BCUT2D eigenvalue weighted by Crippen LogP contribution is 2.29. The summed E-state index contributed by atoms with van der Waals surface area (Å²) in [5.41, 5.74) is 7.30. The Bertz CT molecular complexity index is 1110. The predicted octanol–water partition coefficient (Wildman–Crippen LogP) is 3.36. The van der Waals surface area contributed by atoms with Crippen LogP contribution in [0.5, 0.6) is 0 Å². The molecule has 0 atom stereocenters. The van der Waals surface area contributed by atoms with Crippen molar-refractivity contribution in [2.24, 2.45) is 0 Å². The van der Waals surface area contributed by atoms with Gasteiger partial charge in [0.1, 0.15) is 5.69 Å². The zero-order valence-corrected chi connectivity index (χ0v) is 15.2. The molecule has 0 unspecified atom stereocenters. The van der Waals surface area contributed by atoms with Gasteiger partial charge in [0.2, 0.25) is 0 Å². The lowest BCUT2D eigenvalue weighted by atomic mass is 10.0. The largest absolute Gasteiger partial charge is 0.459 e. The molecule has 0 aliphatic carbocycles. The number of carbonyl (C=O) groups is 1. The van der Waals surface area contributed by atoms with E-state index in [4.69, 9.17) is 9.40 Å². The molecular weight excluding hydrogens is 342 g/mol. The highest BCUT2D eigenvalue weighted by molar-refractivity contribution is 5.91. The van der Waals surface area contributed by atoms with E-state index in [9.17, 15) is 4.79 Å². The van der Waals surface area contributed by atoms with Crippen LogP contribution in [0.3, 0.4) is 0 Å². The van der Waals surface area contributed by atoms with Gasteiger partial charge < -0.3 is 14.3 Å². The summed E-state index contributed by atoms with van der Waals surface area (Å²) in [6.07, 6.45) is 2.24. The second-order valence-corrected chi connectivity index (χ2v) is 7.02. The van der Waals surface area contributed by atoms with E-state index in [2.05, 4.69) is 41.2 Å². The van der Waals surface area contributed by atoms with Gasteiger partial charge in [-0.3, -0.25) is 9.89 Å². The van der Waals surface area contributed by atoms with Crippen LogP contribution in [0.15, 0.2) is 34.9 Å². The number of aromatic amines is 2. The summed E-state index contributed by atoms with van der Waals surface area (Å²) in [6.45, 7) is 5.29. The number of nitrogens with one attached hydrogen (secondary N) is 2. The van der Waals surface area contributed by atoms with Crippen LogP contribution in [0.25, 0.3) is 22.6 Å². The van der Waals surface area contributed by atoms with Crippen LogP contribution in [-0.2, 0) is 13.0 Å². The quantitative estimate of drug-likeness (QED) is 0.573.